The zero-order valence-electron chi connectivity index (χ0n) is 11.6. The highest BCUT2D eigenvalue weighted by molar-refractivity contribution is 4.87. The molecule has 0 radical (unpaired) electrons. The van der Waals surface area contributed by atoms with Crippen LogP contribution < -0.4 is 5.73 Å². The second kappa shape index (κ2) is 6.02. The third-order valence-corrected chi connectivity index (χ3v) is 4.23. The van der Waals surface area contributed by atoms with Crippen molar-refractivity contribution in [3.8, 4) is 0 Å². The molecule has 1 aliphatic heterocycles. The average molecular weight is 226 g/mol. The van der Waals surface area contributed by atoms with Crippen molar-refractivity contribution in [2.75, 3.05) is 19.6 Å². The van der Waals surface area contributed by atoms with Crippen LogP contribution in [0.3, 0.4) is 0 Å². The Labute approximate surface area is 102 Å². The van der Waals surface area contributed by atoms with Crippen molar-refractivity contribution in [2.45, 2.75) is 59.4 Å². The van der Waals surface area contributed by atoms with Gasteiger partial charge in [0.25, 0.3) is 0 Å². The van der Waals surface area contributed by atoms with Gasteiger partial charge < -0.3 is 5.73 Å². The minimum atomic E-state index is 0.484. The van der Waals surface area contributed by atoms with E-state index in [9.17, 15) is 0 Å². The van der Waals surface area contributed by atoms with Crippen molar-refractivity contribution < 1.29 is 0 Å². The van der Waals surface area contributed by atoms with Gasteiger partial charge in [-0.1, -0.05) is 40.5 Å². The zero-order chi connectivity index (χ0) is 12.2. The zero-order valence-corrected chi connectivity index (χ0v) is 11.6. The van der Waals surface area contributed by atoms with E-state index < -0.39 is 0 Å². The Bertz CT molecular complexity index is 197. The molecule has 16 heavy (non-hydrogen) atoms. The Kier molecular flexibility index (Phi) is 5.26. The van der Waals surface area contributed by atoms with Crippen molar-refractivity contribution in [1.82, 2.24) is 4.90 Å². The highest BCUT2D eigenvalue weighted by atomic mass is 15.2. The molecule has 0 aromatic rings. The molecule has 0 aliphatic carbocycles. The van der Waals surface area contributed by atoms with Gasteiger partial charge in [-0.05, 0) is 30.7 Å². The smallest absolute Gasteiger partial charge is 0.0246 e. The number of piperidine rings is 1. The molecule has 2 N–H and O–H groups in total. The van der Waals surface area contributed by atoms with E-state index in [1.165, 1.54) is 38.8 Å². The van der Waals surface area contributed by atoms with Crippen LogP contribution in [0, 0.1) is 11.3 Å². The van der Waals surface area contributed by atoms with Gasteiger partial charge in [0.2, 0.25) is 0 Å². The predicted molar refractivity (Wildman–Crippen MR) is 71.5 cm³/mol. The number of nitrogens with zero attached hydrogens (tertiary/aromatic N) is 1. The number of hydrogen-bond donors (Lipinski definition) is 1. The standard InChI is InChI=1S/C14H30N2/c1-5-12(6-2)13(10-15)16-9-7-8-14(3,4)11-16/h12-13H,5-11,15H2,1-4H3. The molecule has 0 aromatic carbocycles. The second-order valence-electron chi connectivity index (χ2n) is 6.12. The highest BCUT2D eigenvalue weighted by Gasteiger charge is 2.32. The molecular formula is C14H30N2. The molecule has 0 spiro atoms. The van der Waals surface area contributed by atoms with E-state index in [0.717, 1.165) is 12.5 Å². The maximum atomic E-state index is 6.00. The van der Waals surface area contributed by atoms with Crippen LogP contribution in [0.2, 0.25) is 0 Å². The lowest BCUT2D eigenvalue weighted by atomic mass is 9.82. The Morgan fingerprint density at radius 1 is 1.25 bits per heavy atom. The molecular weight excluding hydrogens is 196 g/mol. The molecule has 0 amide bonds. The van der Waals surface area contributed by atoms with E-state index in [1.54, 1.807) is 0 Å². The first kappa shape index (κ1) is 14.0. The maximum Gasteiger partial charge on any atom is 0.0246 e. The summed E-state index contributed by atoms with van der Waals surface area (Å²) in [6.45, 7) is 12.7. The summed E-state index contributed by atoms with van der Waals surface area (Å²) in [7, 11) is 0. The topological polar surface area (TPSA) is 29.3 Å². The summed E-state index contributed by atoms with van der Waals surface area (Å²) >= 11 is 0. The lowest BCUT2D eigenvalue weighted by molar-refractivity contribution is 0.0529. The Morgan fingerprint density at radius 2 is 1.88 bits per heavy atom. The Hall–Kier alpha value is -0.0800. The van der Waals surface area contributed by atoms with Crippen LogP contribution in [-0.4, -0.2) is 30.6 Å². The van der Waals surface area contributed by atoms with Crippen LogP contribution in [-0.2, 0) is 0 Å². The molecule has 0 bridgehead atoms. The third-order valence-electron chi connectivity index (χ3n) is 4.23. The molecule has 1 rings (SSSR count). The van der Waals surface area contributed by atoms with E-state index in [1.807, 2.05) is 0 Å². The molecule has 96 valence electrons. The van der Waals surface area contributed by atoms with Crippen LogP contribution in [0.1, 0.15) is 53.4 Å². The summed E-state index contributed by atoms with van der Waals surface area (Å²) in [6, 6.07) is 0.606. The minimum Gasteiger partial charge on any atom is -0.329 e. The molecule has 1 aliphatic rings. The van der Waals surface area contributed by atoms with Crippen LogP contribution in [0.25, 0.3) is 0 Å². The monoisotopic (exact) mass is 226 g/mol. The molecule has 1 saturated heterocycles. The fourth-order valence-electron chi connectivity index (χ4n) is 3.22. The summed E-state index contributed by atoms with van der Waals surface area (Å²) < 4.78 is 0. The van der Waals surface area contributed by atoms with E-state index in [-0.39, 0.29) is 0 Å². The molecule has 2 nitrogen and oxygen atoms in total. The van der Waals surface area contributed by atoms with Crippen LogP contribution in [0.5, 0.6) is 0 Å². The fourth-order valence-corrected chi connectivity index (χ4v) is 3.22. The number of likely N-dealkylation sites (tertiary alicyclic amines) is 1. The van der Waals surface area contributed by atoms with Crippen LogP contribution in [0.15, 0.2) is 0 Å². The second-order valence-corrected chi connectivity index (χ2v) is 6.12. The van der Waals surface area contributed by atoms with E-state index in [0.29, 0.717) is 11.5 Å². The molecule has 1 unspecified atom stereocenters. The molecule has 0 saturated carbocycles. The molecule has 2 heteroatoms. The van der Waals surface area contributed by atoms with Gasteiger partial charge in [0, 0.05) is 19.1 Å². The summed E-state index contributed by atoms with van der Waals surface area (Å²) in [6.07, 6.45) is 5.22. The van der Waals surface area contributed by atoms with Gasteiger partial charge >= 0.3 is 0 Å². The first-order chi connectivity index (χ1) is 7.54. The van der Waals surface area contributed by atoms with E-state index >= 15 is 0 Å². The SMILES string of the molecule is CCC(CC)C(CN)N1CCCC(C)(C)C1. The molecule has 1 heterocycles. The number of rotatable bonds is 5. The predicted octanol–water partition coefficient (Wildman–Crippen LogP) is 2.87. The minimum absolute atomic E-state index is 0.484. The normalized spacial score (nSPS) is 23.6. The van der Waals surface area contributed by atoms with Gasteiger partial charge in [-0.3, -0.25) is 4.90 Å². The largest absolute Gasteiger partial charge is 0.329 e. The van der Waals surface area contributed by atoms with Gasteiger partial charge in [0.15, 0.2) is 0 Å². The van der Waals surface area contributed by atoms with Crippen molar-refractivity contribution in [1.29, 1.82) is 0 Å². The Balaban J connectivity index is 2.64. The van der Waals surface area contributed by atoms with E-state index in [4.69, 9.17) is 5.73 Å². The average Bonchev–Trinajstić information content (AvgIpc) is 2.24. The summed E-state index contributed by atoms with van der Waals surface area (Å²) in [4.78, 5) is 2.65. The van der Waals surface area contributed by atoms with Gasteiger partial charge in [-0.15, -0.1) is 0 Å². The first-order valence-electron chi connectivity index (χ1n) is 6.98. The summed E-state index contributed by atoms with van der Waals surface area (Å²) in [5, 5.41) is 0. The lowest BCUT2D eigenvalue weighted by Gasteiger charge is -2.44. The Morgan fingerprint density at radius 3 is 2.31 bits per heavy atom. The van der Waals surface area contributed by atoms with Crippen molar-refractivity contribution in [3.63, 3.8) is 0 Å². The molecule has 0 aromatic heterocycles. The van der Waals surface area contributed by atoms with Gasteiger partial charge in [0.05, 0.1) is 0 Å². The van der Waals surface area contributed by atoms with Gasteiger partial charge in [-0.2, -0.15) is 0 Å². The van der Waals surface area contributed by atoms with Crippen LogP contribution in [0.4, 0.5) is 0 Å². The molecule has 1 atom stereocenters. The summed E-state index contributed by atoms with van der Waals surface area (Å²) in [5.41, 5.74) is 6.49. The number of nitrogens with two attached hydrogens (primary N) is 1. The maximum absolute atomic E-state index is 6.00. The van der Waals surface area contributed by atoms with Gasteiger partial charge in [0.1, 0.15) is 0 Å². The molecule has 1 fully saturated rings. The van der Waals surface area contributed by atoms with E-state index in [2.05, 4.69) is 32.6 Å². The van der Waals surface area contributed by atoms with Crippen molar-refractivity contribution in [2.24, 2.45) is 17.1 Å². The highest BCUT2D eigenvalue weighted by Crippen LogP contribution is 2.31. The third kappa shape index (κ3) is 3.46. The van der Waals surface area contributed by atoms with Crippen molar-refractivity contribution in [3.05, 3.63) is 0 Å². The van der Waals surface area contributed by atoms with Gasteiger partial charge in [-0.25, -0.2) is 0 Å². The number of hydrogen-bond acceptors (Lipinski definition) is 2. The fraction of sp³-hybridized carbons (Fsp3) is 1.00. The quantitative estimate of drug-likeness (QED) is 0.781. The van der Waals surface area contributed by atoms with Crippen molar-refractivity contribution >= 4 is 0 Å². The summed E-state index contributed by atoms with van der Waals surface area (Å²) in [5.74, 6) is 0.777. The lowest BCUT2D eigenvalue weighted by Crippen LogP contribution is -2.51. The first-order valence-corrected chi connectivity index (χ1v) is 6.98. The van der Waals surface area contributed by atoms with Crippen LogP contribution >= 0.6 is 0 Å².